The van der Waals surface area contributed by atoms with Crippen LogP contribution in [0.3, 0.4) is 0 Å². The van der Waals surface area contributed by atoms with Crippen LogP contribution in [0.15, 0.2) is 16.8 Å². The van der Waals surface area contributed by atoms with Crippen molar-refractivity contribution in [2.75, 3.05) is 0 Å². The van der Waals surface area contributed by atoms with Gasteiger partial charge in [-0.1, -0.05) is 13.0 Å². The molecule has 0 aromatic carbocycles. The lowest BCUT2D eigenvalue weighted by molar-refractivity contribution is 1.01. The molecule has 1 aliphatic heterocycles. The maximum absolute atomic E-state index is 4.25. The van der Waals surface area contributed by atoms with Crippen LogP contribution in [-0.2, 0) is 0 Å². The van der Waals surface area contributed by atoms with Crippen molar-refractivity contribution in [1.82, 2.24) is 0 Å². The second-order valence-corrected chi connectivity index (χ2v) is 2.35. The van der Waals surface area contributed by atoms with Crippen LogP contribution in [0, 0.1) is 5.92 Å². The van der Waals surface area contributed by atoms with Crippen molar-refractivity contribution >= 4 is 5.71 Å². The minimum absolute atomic E-state index is 0.579. The van der Waals surface area contributed by atoms with E-state index in [-0.39, 0.29) is 0 Å². The molecule has 0 spiro atoms. The van der Waals surface area contributed by atoms with E-state index in [0.29, 0.717) is 5.92 Å². The third kappa shape index (κ3) is 0.808. The number of allylic oxidation sites excluding steroid dienone is 2. The molecule has 1 heterocycles. The van der Waals surface area contributed by atoms with E-state index >= 15 is 0 Å². The van der Waals surface area contributed by atoms with Gasteiger partial charge in [-0.25, -0.2) is 0 Å². The van der Waals surface area contributed by atoms with Gasteiger partial charge in [0.2, 0.25) is 0 Å². The van der Waals surface area contributed by atoms with Crippen molar-refractivity contribution in [2.24, 2.45) is 10.9 Å². The molecule has 1 rings (SSSR count). The zero-order valence-corrected chi connectivity index (χ0v) is 5.60. The molecule has 0 amide bonds. The number of nitrogens with zero attached hydrogens (tertiary/aromatic N) is 1. The zero-order valence-electron chi connectivity index (χ0n) is 5.60. The topological polar surface area (TPSA) is 12.4 Å². The second kappa shape index (κ2) is 1.73. The SMILES string of the molecule is CC1=CC(C)C(C)=N1. The Balaban J connectivity index is 2.78. The molecular formula is C7H11N. The Morgan fingerprint density at radius 3 is 2.25 bits per heavy atom. The average Bonchev–Trinajstić information content (AvgIpc) is 1.85. The lowest BCUT2D eigenvalue weighted by Crippen LogP contribution is -1.96. The first kappa shape index (κ1) is 5.54. The highest BCUT2D eigenvalue weighted by molar-refractivity contribution is 5.88. The number of hydrogen-bond acceptors (Lipinski definition) is 1. The van der Waals surface area contributed by atoms with Gasteiger partial charge in [0.15, 0.2) is 0 Å². The molecule has 0 aromatic rings. The molecule has 44 valence electrons. The molecule has 0 N–H and O–H groups in total. The largest absolute Gasteiger partial charge is 0.263 e. The molecule has 1 unspecified atom stereocenters. The minimum atomic E-state index is 0.579. The summed E-state index contributed by atoms with van der Waals surface area (Å²) in [4.78, 5) is 4.25. The summed E-state index contributed by atoms with van der Waals surface area (Å²) < 4.78 is 0. The van der Waals surface area contributed by atoms with Crippen molar-refractivity contribution < 1.29 is 0 Å². The number of rotatable bonds is 0. The highest BCUT2D eigenvalue weighted by Crippen LogP contribution is 2.14. The van der Waals surface area contributed by atoms with Crippen molar-refractivity contribution in [2.45, 2.75) is 20.8 Å². The molecule has 0 fully saturated rings. The van der Waals surface area contributed by atoms with E-state index in [9.17, 15) is 0 Å². The van der Waals surface area contributed by atoms with Crippen LogP contribution < -0.4 is 0 Å². The molecule has 0 aliphatic carbocycles. The maximum Gasteiger partial charge on any atom is 0.0338 e. The Morgan fingerprint density at radius 1 is 1.50 bits per heavy atom. The van der Waals surface area contributed by atoms with Gasteiger partial charge in [-0.15, -0.1) is 0 Å². The molecule has 1 aliphatic rings. The lowest BCUT2D eigenvalue weighted by Gasteiger charge is -1.93. The quantitative estimate of drug-likeness (QED) is 0.451. The zero-order chi connectivity index (χ0) is 6.15. The molecule has 8 heavy (non-hydrogen) atoms. The van der Waals surface area contributed by atoms with Gasteiger partial charge in [0.1, 0.15) is 0 Å². The van der Waals surface area contributed by atoms with Crippen LogP contribution >= 0.6 is 0 Å². The highest BCUT2D eigenvalue weighted by Gasteiger charge is 2.07. The third-order valence-corrected chi connectivity index (χ3v) is 1.50. The lowest BCUT2D eigenvalue weighted by atomic mass is 10.1. The van der Waals surface area contributed by atoms with Gasteiger partial charge in [-0.05, 0) is 13.8 Å². The summed E-state index contributed by atoms with van der Waals surface area (Å²) in [6.07, 6.45) is 2.18. The fourth-order valence-electron chi connectivity index (χ4n) is 0.900. The van der Waals surface area contributed by atoms with Crippen LogP contribution in [0.25, 0.3) is 0 Å². The van der Waals surface area contributed by atoms with Crippen LogP contribution in [0.5, 0.6) is 0 Å². The second-order valence-electron chi connectivity index (χ2n) is 2.35. The highest BCUT2D eigenvalue weighted by atomic mass is 14.8. The molecule has 0 bridgehead atoms. The van der Waals surface area contributed by atoms with Gasteiger partial charge in [-0.2, -0.15) is 0 Å². The first-order valence-electron chi connectivity index (χ1n) is 2.94. The smallest absolute Gasteiger partial charge is 0.0338 e. The van der Waals surface area contributed by atoms with E-state index in [4.69, 9.17) is 0 Å². The van der Waals surface area contributed by atoms with Gasteiger partial charge < -0.3 is 0 Å². The van der Waals surface area contributed by atoms with Gasteiger partial charge in [0.25, 0.3) is 0 Å². The molecular weight excluding hydrogens is 98.1 g/mol. The average molecular weight is 109 g/mol. The van der Waals surface area contributed by atoms with E-state index in [1.165, 1.54) is 5.71 Å². The molecule has 0 radical (unpaired) electrons. The molecule has 0 saturated heterocycles. The third-order valence-electron chi connectivity index (χ3n) is 1.50. The fourth-order valence-corrected chi connectivity index (χ4v) is 0.900. The van der Waals surface area contributed by atoms with Crippen molar-refractivity contribution in [3.8, 4) is 0 Å². The maximum atomic E-state index is 4.25. The van der Waals surface area contributed by atoms with E-state index in [1.54, 1.807) is 0 Å². The molecule has 1 atom stereocenters. The Bertz CT molecular complexity index is 154. The Labute approximate surface area is 50.1 Å². The van der Waals surface area contributed by atoms with Gasteiger partial charge in [-0.3, -0.25) is 4.99 Å². The predicted octanol–water partition coefficient (Wildman–Crippen LogP) is 2.00. The van der Waals surface area contributed by atoms with E-state index in [2.05, 4.69) is 24.9 Å². The van der Waals surface area contributed by atoms with Crippen LogP contribution in [-0.4, -0.2) is 5.71 Å². The summed E-state index contributed by atoms with van der Waals surface area (Å²) in [6, 6.07) is 0. The standard InChI is InChI=1S/C7H11N/c1-5-4-6(2)8-7(5)3/h4-5H,1-3H3. The molecule has 1 heteroatoms. The molecule has 0 aromatic heterocycles. The van der Waals surface area contributed by atoms with Crippen molar-refractivity contribution in [3.63, 3.8) is 0 Å². The van der Waals surface area contributed by atoms with Crippen LogP contribution in [0.2, 0.25) is 0 Å². The molecule has 1 nitrogen and oxygen atoms in total. The summed E-state index contributed by atoms with van der Waals surface area (Å²) in [5.74, 6) is 0.579. The Morgan fingerprint density at radius 2 is 2.12 bits per heavy atom. The Hall–Kier alpha value is -0.590. The van der Waals surface area contributed by atoms with Gasteiger partial charge in [0.05, 0.1) is 0 Å². The summed E-state index contributed by atoms with van der Waals surface area (Å²) in [5.41, 5.74) is 2.40. The predicted molar refractivity (Wildman–Crippen MR) is 36.0 cm³/mol. The van der Waals surface area contributed by atoms with Gasteiger partial charge in [0, 0.05) is 17.3 Å². The number of aliphatic imine (C=N–C) groups is 1. The first-order valence-corrected chi connectivity index (χ1v) is 2.94. The van der Waals surface area contributed by atoms with E-state index in [0.717, 1.165) is 5.70 Å². The summed E-state index contributed by atoms with van der Waals surface area (Å²) in [6.45, 7) is 6.26. The number of hydrogen-bond donors (Lipinski definition) is 0. The summed E-state index contributed by atoms with van der Waals surface area (Å²) in [5, 5.41) is 0. The fraction of sp³-hybridized carbons (Fsp3) is 0.571. The van der Waals surface area contributed by atoms with Gasteiger partial charge >= 0.3 is 0 Å². The van der Waals surface area contributed by atoms with Crippen molar-refractivity contribution in [1.29, 1.82) is 0 Å². The summed E-state index contributed by atoms with van der Waals surface area (Å²) in [7, 11) is 0. The van der Waals surface area contributed by atoms with Crippen LogP contribution in [0.4, 0.5) is 0 Å². The van der Waals surface area contributed by atoms with Crippen LogP contribution in [0.1, 0.15) is 20.8 Å². The summed E-state index contributed by atoms with van der Waals surface area (Å²) >= 11 is 0. The minimum Gasteiger partial charge on any atom is -0.263 e. The molecule has 0 saturated carbocycles. The van der Waals surface area contributed by atoms with E-state index < -0.39 is 0 Å². The van der Waals surface area contributed by atoms with Crippen molar-refractivity contribution in [3.05, 3.63) is 11.8 Å². The van der Waals surface area contributed by atoms with E-state index in [1.807, 2.05) is 6.92 Å². The first-order chi connectivity index (χ1) is 3.70. The Kier molecular flexibility index (Phi) is 1.20. The normalized spacial score (nSPS) is 27.6. The monoisotopic (exact) mass is 109 g/mol.